The Morgan fingerprint density at radius 1 is 0.917 bits per heavy atom. The van der Waals surface area contributed by atoms with Crippen LogP contribution in [0.5, 0.6) is 5.75 Å². The first kappa shape index (κ1) is 35.8. The van der Waals surface area contributed by atoms with Gasteiger partial charge in [-0.15, -0.1) is 0 Å². The number of benzene rings is 3. The van der Waals surface area contributed by atoms with Crippen LogP contribution in [0.25, 0.3) is 0 Å². The Morgan fingerprint density at radius 3 is 2.27 bits per heavy atom. The molecule has 7 nitrogen and oxygen atoms in total. The van der Waals surface area contributed by atoms with E-state index in [1.165, 1.54) is 38.8 Å². The number of hydrogen-bond donors (Lipinski definition) is 0. The van der Waals surface area contributed by atoms with E-state index in [-0.39, 0.29) is 17.5 Å². The Morgan fingerprint density at radius 2 is 1.62 bits per heavy atom. The van der Waals surface area contributed by atoms with Gasteiger partial charge in [0.25, 0.3) is 0 Å². The monoisotopic (exact) mass is 765 g/mol. The van der Waals surface area contributed by atoms with Crippen molar-refractivity contribution in [2.45, 2.75) is 63.8 Å². The summed E-state index contributed by atoms with van der Waals surface area (Å²) in [6.45, 7) is 2.75. The summed E-state index contributed by atoms with van der Waals surface area (Å²) in [5.41, 5.74) is 2.00. The number of nitrogens with zero attached hydrogens (tertiary/aromatic N) is 1. The number of aryl methyl sites for hydroxylation is 1. The molecule has 0 spiro atoms. The second-order valence-corrected chi connectivity index (χ2v) is 19.7. The minimum atomic E-state index is -1.25. The van der Waals surface area contributed by atoms with Crippen molar-refractivity contribution in [2.24, 2.45) is 11.8 Å². The topological polar surface area (TPSA) is 90.0 Å². The Labute approximate surface area is 292 Å². The van der Waals surface area contributed by atoms with E-state index in [0.717, 1.165) is 30.6 Å². The molecule has 1 saturated carbocycles. The van der Waals surface area contributed by atoms with Crippen molar-refractivity contribution in [1.82, 2.24) is 0 Å². The first-order valence-corrected chi connectivity index (χ1v) is 21.6. The zero-order valence-electron chi connectivity index (χ0n) is 28.4. The Kier molecular flexibility index (Phi) is 12.5. The third-order valence-electron chi connectivity index (χ3n) is 9.77. The number of carbonyl (C=O) groups excluding carboxylic acids is 4. The fourth-order valence-electron chi connectivity index (χ4n) is 6.75. The van der Waals surface area contributed by atoms with Gasteiger partial charge in [0.1, 0.15) is 0 Å². The number of methoxy groups -OCH3 is 2. The van der Waals surface area contributed by atoms with E-state index >= 15 is 0 Å². The summed E-state index contributed by atoms with van der Waals surface area (Å²) in [6.07, 6.45) is 6.85. The van der Waals surface area contributed by atoms with Crippen molar-refractivity contribution in [3.8, 4) is 5.75 Å². The van der Waals surface area contributed by atoms with Crippen molar-refractivity contribution in [1.29, 1.82) is 0 Å². The van der Waals surface area contributed by atoms with Crippen LogP contribution >= 0.6 is 19.8 Å². The average Bonchev–Trinajstić information content (AvgIpc) is 3.63. The zero-order valence-corrected chi connectivity index (χ0v) is 30.6. The second kappa shape index (κ2) is 16.7. The van der Waals surface area contributed by atoms with E-state index in [9.17, 15) is 19.2 Å². The number of ether oxygens (including phenoxy) is 2. The van der Waals surface area contributed by atoms with Crippen LogP contribution in [0.4, 0.5) is 5.69 Å². The van der Waals surface area contributed by atoms with Gasteiger partial charge >= 0.3 is 282 Å². The summed E-state index contributed by atoms with van der Waals surface area (Å²) >= 11 is -1.12. The number of alkyl halides is 3. The summed E-state index contributed by atoms with van der Waals surface area (Å²) in [7, 11) is 3.02. The third-order valence-corrected chi connectivity index (χ3v) is 16.2. The molecule has 5 rings (SSSR count). The molecule has 2 fully saturated rings. The summed E-state index contributed by atoms with van der Waals surface area (Å²) in [5.74, 6) is 0.835. The molecule has 0 aromatic heterocycles. The molecule has 1 atom stereocenters. The molecule has 0 unspecified atom stereocenters. The SMILES string of the molecule is COC(=O)c1cccc(N(C[C@@H](C)CCI2CCC(CC(=O)CCCc3ccc(OC)cc3)CC2)C2(Cc3ccccc3)C(=O)C2=O)c1. The van der Waals surface area contributed by atoms with Crippen molar-refractivity contribution < 1.29 is 28.7 Å². The van der Waals surface area contributed by atoms with E-state index in [2.05, 4.69) is 19.1 Å². The van der Waals surface area contributed by atoms with E-state index < -0.39 is 31.3 Å². The van der Waals surface area contributed by atoms with Gasteiger partial charge in [-0.25, -0.2) is 0 Å². The number of halogens is 1. The van der Waals surface area contributed by atoms with Gasteiger partial charge in [-0.05, 0) is 0 Å². The standard InChI is InChI=1S/C40H48INO6/c1-29(19-22-41-23-20-31(21-24-41)25-35(43)14-7-11-30-15-17-36(47-2)18-16-30)28-42(34-13-8-12-33(26-34)39(46)48-3)40(37(44)38(40)45)27-32-9-5-4-6-10-32/h4-6,8-10,12-13,15-18,26,29,31H,7,11,14,19-25,27-28H2,1-3H3/t29-/m0/s1. The van der Waals surface area contributed by atoms with Gasteiger partial charge in [0.15, 0.2) is 0 Å². The van der Waals surface area contributed by atoms with Crippen LogP contribution in [-0.2, 0) is 32.0 Å². The predicted octanol–water partition coefficient (Wildman–Crippen LogP) is 7.35. The Balaban J connectivity index is 1.13. The molecule has 48 heavy (non-hydrogen) atoms. The molecule has 1 heterocycles. The summed E-state index contributed by atoms with van der Waals surface area (Å²) in [4.78, 5) is 53.4. The molecule has 0 amide bonds. The van der Waals surface area contributed by atoms with Crippen LogP contribution in [0, 0.1) is 11.8 Å². The van der Waals surface area contributed by atoms with E-state index in [1.807, 2.05) is 53.4 Å². The Hall–Kier alpha value is -3.53. The molecule has 3 aromatic rings. The second-order valence-electron chi connectivity index (χ2n) is 13.2. The van der Waals surface area contributed by atoms with Crippen LogP contribution in [0.1, 0.15) is 66.9 Å². The number of anilines is 1. The quantitative estimate of drug-likeness (QED) is 0.0467. The minimum absolute atomic E-state index is 0.253. The van der Waals surface area contributed by atoms with Crippen molar-refractivity contribution in [3.05, 3.63) is 95.6 Å². The number of Topliss-reactive ketones (excluding diaryl/α,β-unsaturated/α-hetero) is 3. The van der Waals surface area contributed by atoms with Crippen molar-refractivity contribution in [2.75, 3.05) is 38.9 Å². The molecule has 1 saturated heterocycles. The summed E-state index contributed by atoms with van der Waals surface area (Å²) in [6, 6.07) is 24.8. The fraction of sp³-hybridized carbons (Fsp3) is 0.450. The summed E-state index contributed by atoms with van der Waals surface area (Å²) in [5, 5.41) is 0. The van der Waals surface area contributed by atoms with Crippen LogP contribution < -0.4 is 9.64 Å². The van der Waals surface area contributed by atoms with Crippen LogP contribution in [-0.4, -0.2) is 62.9 Å². The molecule has 1 aliphatic heterocycles. The average molecular weight is 766 g/mol. The van der Waals surface area contributed by atoms with Gasteiger partial charge < -0.3 is 4.74 Å². The third kappa shape index (κ3) is 8.92. The van der Waals surface area contributed by atoms with Crippen LogP contribution in [0.2, 0.25) is 0 Å². The molecule has 0 bridgehead atoms. The van der Waals surface area contributed by atoms with Crippen LogP contribution in [0.15, 0.2) is 78.9 Å². The van der Waals surface area contributed by atoms with E-state index in [4.69, 9.17) is 9.47 Å². The normalized spacial score (nSPS) is 17.1. The molecule has 8 heteroatoms. The zero-order chi connectivity index (χ0) is 34.1. The number of ketones is 3. The maximum absolute atomic E-state index is 13.2. The summed E-state index contributed by atoms with van der Waals surface area (Å²) < 4.78 is 14.0. The first-order chi connectivity index (χ1) is 23.2. The maximum atomic E-state index is 13.2. The van der Waals surface area contributed by atoms with Gasteiger partial charge in [0, 0.05) is 0 Å². The van der Waals surface area contributed by atoms with Gasteiger partial charge in [-0.2, -0.15) is 0 Å². The molecule has 1 aliphatic carbocycles. The number of rotatable bonds is 17. The number of carbonyl (C=O) groups is 4. The molecular weight excluding hydrogens is 717 g/mol. The molecule has 2 aliphatic rings. The number of hydrogen-bond acceptors (Lipinski definition) is 7. The molecule has 3 aromatic carbocycles. The predicted molar refractivity (Wildman–Crippen MR) is 199 cm³/mol. The fourth-order valence-corrected chi connectivity index (χ4v) is 13.8. The van der Waals surface area contributed by atoms with E-state index in [1.54, 1.807) is 25.3 Å². The van der Waals surface area contributed by atoms with Gasteiger partial charge in [-0.3, -0.25) is 0 Å². The van der Waals surface area contributed by atoms with Gasteiger partial charge in [0.2, 0.25) is 0 Å². The molecule has 256 valence electrons. The molecule has 0 radical (unpaired) electrons. The van der Waals surface area contributed by atoms with Gasteiger partial charge in [0.05, 0.1) is 7.11 Å². The van der Waals surface area contributed by atoms with Crippen molar-refractivity contribution in [3.63, 3.8) is 0 Å². The van der Waals surface area contributed by atoms with Gasteiger partial charge in [-0.1, -0.05) is 0 Å². The molecular formula is C40H48INO6. The number of esters is 1. The van der Waals surface area contributed by atoms with Crippen LogP contribution in [0.3, 0.4) is 0 Å². The Bertz CT molecular complexity index is 1550. The molecule has 0 N–H and O–H groups in total. The van der Waals surface area contributed by atoms with E-state index in [0.29, 0.717) is 48.8 Å². The van der Waals surface area contributed by atoms with Crippen molar-refractivity contribution >= 4 is 48.8 Å². The first-order valence-electron chi connectivity index (χ1n) is 17.0.